The van der Waals surface area contributed by atoms with Gasteiger partial charge in [-0.3, -0.25) is 4.79 Å². The quantitative estimate of drug-likeness (QED) is 0.439. The molecule has 1 amide bonds. The normalized spacial score (nSPS) is 11.9. The fourth-order valence-corrected chi connectivity index (χ4v) is 3.59. The average molecular weight is 406 g/mol. The van der Waals surface area contributed by atoms with E-state index in [1.165, 1.54) is 0 Å². The highest BCUT2D eigenvalue weighted by Gasteiger charge is 2.16. The van der Waals surface area contributed by atoms with E-state index in [-0.39, 0.29) is 18.0 Å². The molecule has 0 saturated carbocycles. The molecule has 1 aromatic carbocycles. The molecule has 30 heavy (non-hydrogen) atoms. The molecule has 156 valence electrons. The molecular weight excluding hydrogens is 378 g/mol. The van der Waals surface area contributed by atoms with Crippen molar-refractivity contribution in [3.63, 3.8) is 0 Å². The number of H-pyrrole nitrogens is 1. The first-order chi connectivity index (χ1) is 14.3. The molecule has 0 aliphatic heterocycles. The van der Waals surface area contributed by atoms with Crippen molar-refractivity contribution in [3.05, 3.63) is 48.8 Å². The Morgan fingerprint density at radius 1 is 1.30 bits per heavy atom. The zero-order valence-electron chi connectivity index (χ0n) is 17.5. The first-order valence-electron chi connectivity index (χ1n) is 10.0. The van der Waals surface area contributed by atoms with E-state index in [1.807, 2.05) is 54.9 Å². The molecule has 3 aromatic heterocycles. The minimum absolute atomic E-state index is 0.0446. The number of ether oxygens (including phenoxy) is 1. The maximum absolute atomic E-state index is 12.5. The SMILES string of the molecule is COc1ccc2c(c1)c(-c1cc3cccnc3[nH]1)cn2CC(=O)NCCC(C)(C)N. The standard InChI is InChI=1S/C23H27N5O2/c1-23(2,24)8-10-25-21(29)14-28-13-18(17-12-16(30-3)6-7-20(17)28)19-11-15-5-4-9-26-22(15)27-19/h4-7,9,11-13H,8,10,14,24H2,1-3H3,(H,25,29)(H,26,27). The minimum Gasteiger partial charge on any atom is -0.497 e. The van der Waals surface area contributed by atoms with Gasteiger partial charge in [-0.1, -0.05) is 0 Å². The number of nitrogens with one attached hydrogen (secondary N) is 2. The van der Waals surface area contributed by atoms with Gasteiger partial charge in [0.2, 0.25) is 5.91 Å². The largest absolute Gasteiger partial charge is 0.497 e. The molecule has 4 N–H and O–H groups in total. The van der Waals surface area contributed by atoms with Crippen molar-refractivity contribution in [3.8, 4) is 17.0 Å². The summed E-state index contributed by atoms with van der Waals surface area (Å²) in [4.78, 5) is 20.3. The van der Waals surface area contributed by atoms with Crippen LogP contribution in [0.15, 0.2) is 48.8 Å². The van der Waals surface area contributed by atoms with Crippen LogP contribution < -0.4 is 15.8 Å². The summed E-state index contributed by atoms with van der Waals surface area (Å²) in [7, 11) is 1.65. The molecule has 0 bridgehead atoms. The Balaban J connectivity index is 1.68. The summed E-state index contributed by atoms with van der Waals surface area (Å²) < 4.78 is 7.39. The maximum Gasteiger partial charge on any atom is 0.239 e. The van der Waals surface area contributed by atoms with Crippen LogP contribution in [-0.2, 0) is 11.3 Å². The Morgan fingerprint density at radius 3 is 2.87 bits per heavy atom. The van der Waals surface area contributed by atoms with E-state index in [0.717, 1.165) is 45.4 Å². The lowest BCUT2D eigenvalue weighted by atomic mass is 10.0. The summed E-state index contributed by atoms with van der Waals surface area (Å²) in [6.45, 7) is 4.68. The summed E-state index contributed by atoms with van der Waals surface area (Å²) >= 11 is 0. The molecule has 7 nitrogen and oxygen atoms in total. The molecular formula is C23H27N5O2. The lowest BCUT2D eigenvalue weighted by Gasteiger charge is -2.18. The first-order valence-corrected chi connectivity index (χ1v) is 10.0. The Morgan fingerprint density at radius 2 is 2.13 bits per heavy atom. The van der Waals surface area contributed by atoms with Crippen LogP contribution in [0, 0.1) is 0 Å². The summed E-state index contributed by atoms with van der Waals surface area (Å²) in [5.74, 6) is 0.724. The molecule has 4 rings (SSSR count). The van der Waals surface area contributed by atoms with Gasteiger partial charge >= 0.3 is 0 Å². The second-order valence-corrected chi connectivity index (χ2v) is 8.27. The lowest BCUT2D eigenvalue weighted by Crippen LogP contribution is -2.38. The van der Waals surface area contributed by atoms with Crippen LogP contribution in [0.1, 0.15) is 20.3 Å². The maximum atomic E-state index is 12.5. The summed E-state index contributed by atoms with van der Waals surface area (Å²) in [6.07, 6.45) is 4.48. The number of amides is 1. The first kappa shape index (κ1) is 20.0. The van der Waals surface area contributed by atoms with Crippen molar-refractivity contribution in [2.75, 3.05) is 13.7 Å². The number of nitrogens with two attached hydrogens (primary N) is 1. The second kappa shape index (κ2) is 7.84. The average Bonchev–Trinajstić information content (AvgIpc) is 3.28. The zero-order valence-corrected chi connectivity index (χ0v) is 17.5. The number of carbonyl (C=O) groups is 1. The van der Waals surface area contributed by atoms with Crippen LogP contribution >= 0.6 is 0 Å². The number of rotatable bonds is 7. The molecule has 0 unspecified atom stereocenters. The number of pyridine rings is 1. The van der Waals surface area contributed by atoms with Gasteiger partial charge in [0.1, 0.15) is 17.9 Å². The van der Waals surface area contributed by atoms with Crippen molar-refractivity contribution in [1.29, 1.82) is 0 Å². The molecule has 0 saturated heterocycles. The third kappa shape index (κ3) is 4.16. The van der Waals surface area contributed by atoms with E-state index in [4.69, 9.17) is 10.5 Å². The Labute approximate surface area is 175 Å². The van der Waals surface area contributed by atoms with Gasteiger partial charge in [0, 0.05) is 52.0 Å². The Kier molecular flexibility index (Phi) is 5.22. The molecule has 3 heterocycles. The molecule has 0 aliphatic carbocycles. The number of hydrogen-bond acceptors (Lipinski definition) is 4. The highest BCUT2D eigenvalue weighted by molar-refractivity contribution is 5.99. The van der Waals surface area contributed by atoms with E-state index >= 15 is 0 Å². The summed E-state index contributed by atoms with van der Waals surface area (Å²) in [5.41, 5.74) is 9.44. The number of aromatic nitrogens is 3. The predicted molar refractivity (Wildman–Crippen MR) is 119 cm³/mol. The van der Waals surface area contributed by atoms with Crippen LogP contribution in [0.5, 0.6) is 5.75 Å². The minimum atomic E-state index is -0.305. The summed E-state index contributed by atoms with van der Waals surface area (Å²) in [5, 5.41) is 5.01. The molecule has 0 spiro atoms. The van der Waals surface area contributed by atoms with Gasteiger partial charge in [0.25, 0.3) is 0 Å². The molecule has 0 fully saturated rings. The van der Waals surface area contributed by atoms with Crippen LogP contribution in [-0.4, -0.2) is 39.6 Å². The molecule has 0 aliphatic rings. The van der Waals surface area contributed by atoms with Gasteiger partial charge in [0.05, 0.1) is 7.11 Å². The van der Waals surface area contributed by atoms with Crippen LogP contribution in [0.3, 0.4) is 0 Å². The van der Waals surface area contributed by atoms with Crippen LogP contribution in [0.4, 0.5) is 0 Å². The van der Waals surface area contributed by atoms with Gasteiger partial charge in [-0.25, -0.2) is 4.98 Å². The predicted octanol–water partition coefficient (Wildman–Crippen LogP) is 3.44. The third-order valence-electron chi connectivity index (χ3n) is 5.18. The topological polar surface area (TPSA) is 98.0 Å². The van der Waals surface area contributed by atoms with Crippen LogP contribution in [0.25, 0.3) is 33.2 Å². The van der Waals surface area contributed by atoms with E-state index in [2.05, 4.69) is 21.4 Å². The molecule has 7 heteroatoms. The van der Waals surface area contributed by atoms with Crippen molar-refractivity contribution < 1.29 is 9.53 Å². The number of hydrogen-bond donors (Lipinski definition) is 3. The molecule has 0 atom stereocenters. The van der Waals surface area contributed by atoms with Crippen LogP contribution in [0.2, 0.25) is 0 Å². The van der Waals surface area contributed by atoms with Gasteiger partial charge in [0.15, 0.2) is 0 Å². The smallest absolute Gasteiger partial charge is 0.239 e. The van der Waals surface area contributed by atoms with E-state index in [9.17, 15) is 4.79 Å². The van der Waals surface area contributed by atoms with Crippen molar-refractivity contribution >= 4 is 27.8 Å². The lowest BCUT2D eigenvalue weighted by molar-refractivity contribution is -0.121. The van der Waals surface area contributed by atoms with E-state index < -0.39 is 0 Å². The van der Waals surface area contributed by atoms with Gasteiger partial charge in [-0.05, 0) is 56.7 Å². The fourth-order valence-electron chi connectivity index (χ4n) is 3.59. The van der Waals surface area contributed by atoms with E-state index in [0.29, 0.717) is 6.54 Å². The van der Waals surface area contributed by atoms with Crippen molar-refractivity contribution in [1.82, 2.24) is 19.9 Å². The zero-order chi connectivity index (χ0) is 21.3. The molecule has 0 radical (unpaired) electrons. The second-order valence-electron chi connectivity index (χ2n) is 8.27. The third-order valence-corrected chi connectivity index (χ3v) is 5.18. The van der Waals surface area contributed by atoms with Crippen molar-refractivity contribution in [2.24, 2.45) is 5.73 Å². The van der Waals surface area contributed by atoms with E-state index in [1.54, 1.807) is 13.3 Å². The monoisotopic (exact) mass is 405 g/mol. The van der Waals surface area contributed by atoms with Gasteiger partial charge in [-0.15, -0.1) is 0 Å². The number of carbonyl (C=O) groups excluding carboxylic acids is 1. The number of fused-ring (bicyclic) bond motifs is 2. The van der Waals surface area contributed by atoms with Crippen molar-refractivity contribution in [2.45, 2.75) is 32.4 Å². The molecule has 4 aromatic rings. The highest BCUT2D eigenvalue weighted by Crippen LogP contribution is 2.34. The highest BCUT2D eigenvalue weighted by atomic mass is 16.5. The number of methoxy groups -OCH3 is 1. The van der Waals surface area contributed by atoms with Gasteiger partial charge in [-0.2, -0.15) is 0 Å². The van der Waals surface area contributed by atoms with Gasteiger partial charge < -0.3 is 25.3 Å². The Hall–Kier alpha value is -3.32. The number of aromatic amines is 1. The Bertz CT molecular complexity index is 1170. The number of benzene rings is 1. The fraction of sp³-hybridized carbons (Fsp3) is 0.304. The summed E-state index contributed by atoms with van der Waals surface area (Å²) in [6, 6.07) is 11.9. The number of nitrogens with zero attached hydrogens (tertiary/aromatic N) is 2.